The molecule has 94 valence electrons. The van der Waals surface area contributed by atoms with Crippen LogP contribution in [0.25, 0.3) is 0 Å². The maximum absolute atomic E-state index is 11.9. The second-order valence-electron chi connectivity index (χ2n) is 4.50. The van der Waals surface area contributed by atoms with E-state index < -0.39 is 0 Å². The average Bonchev–Trinajstić information content (AvgIpc) is 2.40. The highest BCUT2D eigenvalue weighted by Crippen LogP contribution is 2.25. The summed E-state index contributed by atoms with van der Waals surface area (Å²) < 4.78 is 0. The third-order valence-electron chi connectivity index (χ3n) is 3.11. The van der Waals surface area contributed by atoms with Gasteiger partial charge in [0, 0.05) is 12.1 Å². The van der Waals surface area contributed by atoms with Gasteiger partial charge in [-0.15, -0.1) is 0 Å². The molecule has 0 radical (unpaired) electrons. The van der Waals surface area contributed by atoms with Crippen LogP contribution in [-0.2, 0) is 4.79 Å². The maximum Gasteiger partial charge on any atom is 0.224 e. The van der Waals surface area contributed by atoms with Crippen molar-refractivity contribution in [3.8, 4) is 6.07 Å². The molecule has 0 unspecified atom stereocenters. The van der Waals surface area contributed by atoms with Crippen molar-refractivity contribution in [2.24, 2.45) is 5.92 Å². The molecule has 1 saturated heterocycles. The van der Waals surface area contributed by atoms with Crippen molar-refractivity contribution in [1.82, 2.24) is 0 Å². The Morgan fingerprint density at radius 2 is 2.00 bits per heavy atom. The lowest BCUT2D eigenvalue weighted by Crippen LogP contribution is -2.19. The zero-order chi connectivity index (χ0) is 12.8. The fraction of sp³-hybridized carbons (Fsp3) is 0.429. The van der Waals surface area contributed by atoms with Crippen LogP contribution < -0.4 is 5.32 Å². The van der Waals surface area contributed by atoms with E-state index in [4.69, 9.17) is 5.26 Å². The van der Waals surface area contributed by atoms with E-state index in [9.17, 15) is 4.79 Å². The molecule has 0 aliphatic carbocycles. The minimum Gasteiger partial charge on any atom is -0.326 e. The number of thioether (sulfide) groups is 1. The monoisotopic (exact) mass is 260 g/mol. The van der Waals surface area contributed by atoms with Gasteiger partial charge in [0.1, 0.15) is 0 Å². The number of nitrogens with zero attached hydrogens (tertiary/aromatic N) is 1. The number of amides is 1. The molecule has 1 aliphatic rings. The Morgan fingerprint density at radius 3 is 2.61 bits per heavy atom. The van der Waals surface area contributed by atoms with Crippen LogP contribution >= 0.6 is 11.8 Å². The van der Waals surface area contributed by atoms with Gasteiger partial charge in [-0.05, 0) is 54.5 Å². The normalized spacial score (nSPS) is 15.9. The maximum atomic E-state index is 11.9. The summed E-state index contributed by atoms with van der Waals surface area (Å²) in [5.74, 6) is 2.96. The molecule has 1 N–H and O–H groups in total. The van der Waals surface area contributed by atoms with Gasteiger partial charge in [0.2, 0.25) is 5.91 Å². The molecule has 0 atom stereocenters. The molecule has 1 amide bonds. The Labute approximate surface area is 112 Å². The smallest absolute Gasteiger partial charge is 0.224 e. The van der Waals surface area contributed by atoms with Crippen molar-refractivity contribution in [3.05, 3.63) is 29.8 Å². The van der Waals surface area contributed by atoms with Gasteiger partial charge in [-0.1, -0.05) is 0 Å². The predicted octanol–water partition coefficient (Wildman–Crippen LogP) is 3.03. The van der Waals surface area contributed by atoms with Crippen LogP contribution in [-0.4, -0.2) is 17.4 Å². The standard InChI is InChI=1S/C14H16N2OS/c15-10-12-1-3-13(4-2-12)16-14(17)9-11-5-7-18-8-6-11/h1-4,11H,5-9H2,(H,16,17). The van der Waals surface area contributed by atoms with Crippen LogP contribution in [0.1, 0.15) is 24.8 Å². The van der Waals surface area contributed by atoms with E-state index in [1.807, 2.05) is 11.8 Å². The van der Waals surface area contributed by atoms with Gasteiger partial charge in [-0.3, -0.25) is 4.79 Å². The zero-order valence-corrected chi connectivity index (χ0v) is 11.0. The highest BCUT2D eigenvalue weighted by molar-refractivity contribution is 7.99. The van der Waals surface area contributed by atoms with Crippen molar-refractivity contribution in [3.63, 3.8) is 0 Å². The SMILES string of the molecule is N#Cc1ccc(NC(=O)CC2CCSCC2)cc1. The fourth-order valence-electron chi connectivity index (χ4n) is 2.05. The largest absolute Gasteiger partial charge is 0.326 e. The van der Waals surface area contributed by atoms with E-state index in [2.05, 4.69) is 11.4 Å². The summed E-state index contributed by atoms with van der Waals surface area (Å²) in [5.41, 5.74) is 1.38. The van der Waals surface area contributed by atoms with Crippen molar-refractivity contribution in [1.29, 1.82) is 5.26 Å². The number of nitrogens with one attached hydrogen (secondary N) is 1. The van der Waals surface area contributed by atoms with E-state index >= 15 is 0 Å². The van der Waals surface area contributed by atoms with Crippen molar-refractivity contribution >= 4 is 23.4 Å². The van der Waals surface area contributed by atoms with Crippen molar-refractivity contribution < 1.29 is 4.79 Å². The van der Waals surface area contributed by atoms with E-state index in [1.165, 1.54) is 11.5 Å². The van der Waals surface area contributed by atoms with Crippen LogP contribution in [0.5, 0.6) is 0 Å². The number of nitriles is 1. The first-order valence-corrected chi connectivity index (χ1v) is 7.31. The van der Waals surface area contributed by atoms with Crippen LogP contribution in [0.4, 0.5) is 5.69 Å². The van der Waals surface area contributed by atoms with Crippen LogP contribution in [0.15, 0.2) is 24.3 Å². The van der Waals surface area contributed by atoms with E-state index in [1.54, 1.807) is 24.3 Å². The average molecular weight is 260 g/mol. The molecule has 0 saturated carbocycles. The first-order chi connectivity index (χ1) is 8.78. The lowest BCUT2D eigenvalue weighted by molar-refractivity contribution is -0.117. The van der Waals surface area contributed by atoms with E-state index in [-0.39, 0.29) is 5.91 Å². The number of anilines is 1. The summed E-state index contributed by atoms with van der Waals surface area (Å²) in [7, 11) is 0. The fourth-order valence-corrected chi connectivity index (χ4v) is 3.26. The summed E-state index contributed by atoms with van der Waals surface area (Å²) in [6.07, 6.45) is 2.90. The van der Waals surface area contributed by atoms with Crippen molar-refractivity contribution in [2.75, 3.05) is 16.8 Å². The number of hydrogen-bond acceptors (Lipinski definition) is 3. The quantitative estimate of drug-likeness (QED) is 0.908. The molecule has 1 fully saturated rings. The summed E-state index contributed by atoms with van der Waals surface area (Å²) in [6.45, 7) is 0. The summed E-state index contributed by atoms with van der Waals surface area (Å²) in [6, 6.07) is 9.03. The van der Waals surface area contributed by atoms with Crippen molar-refractivity contribution in [2.45, 2.75) is 19.3 Å². The molecule has 0 aromatic heterocycles. The number of benzene rings is 1. The summed E-state index contributed by atoms with van der Waals surface area (Å²) in [5, 5.41) is 11.6. The second-order valence-corrected chi connectivity index (χ2v) is 5.72. The minimum absolute atomic E-state index is 0.0802. The van der Waals surface area contributed by atoms with Crippen LogP contribution in [0.2, 0.25) is 0 Å². The van der Waals surface area contributed by atoms with Gasteiger partial charge < -0.3 is 5.32 Å². The van der Waals surface area contributed by atoms with E-state index in [0.29, 0.717) is 17.9 Å². The molecule has 18 heavy (non-hydrogen) atoms. The molecule has 1 aromatic carbocycles. The molecule has 3 nitrogen and oxygen atoms in total. The first kappa shape index (κ1) is 13.0. The molecular formula is C14H16N2OS. The second kappa shape index (κ2) is 6.46. The van der Waals surface area contributed by atoms with Gasteiger partial charge in [0.15, 0.2) is 0 Å². The highest BCUT2D eigenvalue weighted by Gasteiger charge is 2.17. The summed E-state index contributed by atoms with van der Waals surface area (Å²) >= 11 is 1.97. The molecule has 0 bridgehead atoms. The highest BCUT2D eigenvalue weighted by atomic mass is 32.2. The zero-order valence-electron chi connectivity index (χ0n) is 10.2. The van der Waals surface area contributed by atoms with Gasteiger partial charge in [0.05, 0.1) is 11.6 Å². The Bertz CT molecular complexity index is 444. The number of rotatable bonds is 3. The van der Waals surface area contributed by atoms with Crippen LogP contribution in [0.3, 0.4) is 0 Å². The van der Waals surface area contributed by atoms with Gasteiger partial charge in [-0.25, -0.2) is 0 Å². The molecular weight excluding hydrogens is 244 g/mol. The molecule has 2 rings (SSSR count). The Hall–Kier alpha value is -1.47. The number of hydrogen-bond donors (Lipinski definition) is 1. The van der Waals surface area contributed by atoms with Gasteiger partial charge in [0.25, 0.3) is 0 Å². The Kier molecular flexibility index (Phi) is 4.66. The Balaban J connectivity index is 1.84. The molecule has 4 heteroatoms. The molecule has 1 heterocycles. The predicted molar refractivity (Wildman–Crippen MR) is 74.5 cm³/mol. The van der Waals surface area contributed by atoms with Gasteiger partial charge >= 0.3 is 0 Å². The molecule has 0 spiro atoms. The summed E-state index contributed by atoms with van der Waals surface area (Å²) in [4.78, 5) is 11.9. The lowest BCUT2D eigenvalue weighted by atomic mass is 9.98. The molecule has 1 aliphatic heterocycles. The first-order valence-electron chi connectivity index (χ1n) is 6.15. The topological polar surface area (TPSA) is 52.9 Å². The van der Waals surface area contributed by atoms with E-state index in [0.717, 1.165) is 18.5 Å². The Morgan fingerprint density at radius 1 is 1.33 bits per heavy atom. The third kappa shape index (κ3) is 3.78. The number of carbonyl (C=O) groups is 1. The minimum atomic E-state index is 0.0802. The number of carbonyl (C=O) groups excluding carboxylic acids is 1. The van der Waals surface area contributed by atoms with Gasteiger partial charge in [-0.2, -0.15) is 17.0 Å². The lowest BCUT2D eigenvalue weighted by Gasteiger charge is -2.20. The third-order valence-corrected chi connectivity index (χ3v) is 4.16. The molecule has 1 aromatic rings. The van der Waals surface area contributed by atoms with Crippen LogP contribution in [0, 0.1) is 17.2 Å².